The molecule has 0 radical (unpaired) electrons. The third kappa shape index (κ3) is 4.04. The second-order valence-corrected chi connectivity index (χ2v) is 5.51. The molecule has 17 heavy (non-hydrogen) atoms. The average Bonchev–Trinajstić information content (AvgIpc) is 2.25. The maximum atomic E-state index is 6.11. The third-order valence-corrected chi connectivity index (χ3v) is 3.75. The van der Waals surface area contributed by atoms with E-state index < -0.39 is 0 Å². The predicted octanol–water partition coefficient (Wildman–Crippen LogP) is 4.91. The predicted molar refractivity (Wildman–Crippen MR) is 74.0 cm³/mol. The van der Waals surface area contributed by atoms with Crippen LogP contribution in [0.2, 0.25) is 10.0 Å². The fourth-order valence-electron chi connectivity index (χ4n) is 2.31. The lowest BCUT2D eigenvalue weighted by Gasteiger charge is -2.22. The zero-order valence-electron chi connectivity index (χ0n) is 9.88. The average molecular weight is 273 g/mol. The van der Waals surface area contributed by atoms with Gasteiger partial charge in [-0.1, -0.05) is 55.3 Å². The highest BCUT2D eigenvalue weighted by molar-refractivity contribution is 6.35. The summed E-state index contributed by atoms with van der Waals surface area (Å²) in [5.41, 5.74) is 0. The molecule has 1 aromatic heterocycles. The summed E-state index contributed by atoms with van der Waals surface area (Å²) in [6.07, 6.45) is 10.7. The van der Waals surface area contributed by atoms with Crippen molar-refractivity contribution in [2.75, 3.05) is 5.32 Å². The zero-order valence-corrected chi connectivity index (χ0v) is 11.4. The van der Waals surface area contributed by atoms with E-state index in [1.807, 2.05) is 0 Å². The highest BCUT2D eigenvalue weighted by atomic mass is 35.5. The first-order chi connectivity index (χ1) is 8.25. The summed E-state index contributed by atoms with van der Waals surface area (Å²) in [7, 11) is 0. The molecule has 0 bridgehead atoms. The summed E-state index contributed by atoms with van der Waals surface area (Å²) in [4.78, 5) is 4.25. The lowest BCUT2D eigenvalue weighted by Crippen LogP contribution is -2.21. The van der Waals surface area contributed by atoms with Crippen LogP contribution in [0.5, 0.6) is 0 Å². The van der Waals surface area contributed by atoms with E-state index in [0.29, 0.717) is 16.1 Å². The van der Waals surface area contributed by atoms with Gasteiger partial charge in [-0.15, -0.1) is 0 Å². The molecule has 0 atom stereocenters. The summed E-state index contributed by atoms with van der Waals surface area (Å²) in [5.74, 6) is 0.765. The fourth-order valence-corrected chi connectivity index (χ4v) is 2.75. The Kier molecular flexibility index (Phi) is 4.93. The molecule has 1 aromatic rings. The number of anilines is 1. The molecule has 0 aliphatic heterocycles. The number of hydrogen-bond acceptors (Lipinski definition) is 2. The van der Waals surface area contributed by atoms with Crippen molar-refractivity contribution in [1.29, 1.82) is 0 Å². The molecule has 1 aliphatic rings. The van der Waals surface area contributed by atoms with Gasteiger partial charge in [-0.3, -0.25) is 0 Å². The largest absolute Gasteiger partial charge is 0.366 e. The molecule has 0 amide bonds. The van der Waals surface area contributed by atoms with Crippen molar-refractivity contribution in [1.82, 2.24) is 4.98 Å². The summed E-state index contributed by atoms with van der Waals surface area (Å²) in [6, 6.07) is 2.24. The van der Waals surface area contributed by atoms with Gasteiger partial charge >= 0.3 is 0 Å². The van der Waals surface area contributed by atoms with E-state index in [2.05, 4.69) is 10.3 Å². The Morgan fingerprint density at radius 2 is 1.71 bits per heavy atom. The van der Waals surface area contributed by atoms with Crippen molar-refractivity contribution in [2.24, 2.45) is 0 Å². The van der Waals surface area contributed by atoms with Gasteiger partial charge in [0.05, 0.1) is 10.0 Å². The maximum absolute atomic E-state index is 6.11. The lowest BCUT2D eigenvalue weighted by atomic mass is 9.97. The van der Waals surface area contributed by atoms with Crippen LogP contribution < -0.4 is 5.32 Å². The molecule has 0 saturated heterocycles. The Bertz CT molecular complexity index is 360. The molecule has 0 aromatic carbocycles. The van der Waals surface area contributed by atoms with Gasteiger partial charge in [0, 0.05) is 12.2 Å². The first-order valence-corrected chi connectivity index (χ1v) is 7.09. The van der Waals surface area contributed by atoms with Crippen LogP contribution in [0.25, 0.3) is 0 Å². The normalized spacial score (nSPS) is 18.5. The summed E-state index contributed by atoms with van der Waals surface area (Å²) < 4.78 is 0. The molecule has 0 unspecified atom stereocenters. The van der Waals surface area contributed by atoms with Crippen molar-refractivity contribution in [3.63, 3.8) is 0 Å². The Balaban J connectivity index is 1.98. The minimum absolute atomic E-state index is 0.501. The van der Waals surface area contributed by atoms with Gasteiger partial charge in [0.15, 0.2) is 0 Å². The van der Waals surface area contributed by atoms with E-state index in [9.17, 15) is 0 Å². The van der Waals surface area contributed by atoms with Crippen LogP contribution in [0, 0.1) is 0 Å². The fraction of sp³-hybridized carbons (Fsp3) is 0.615. The number of halogens is 2. The maximum Gasteiger partial charge on any atom is 0.145 e. The second kappa shape index (κ2) is 6.46. The van der Waals surface area contributed by atoms with Crippen LogP contribution in [0.3, 0.4) is 0 Å². The van der Waals surface area contributed by atoms with Gasteiger partial charge in [-0.05, 0) is 18.9 Å². The van der Waals surface area contributed by atoms with Crippen molar-refractivity contribution in [3.8, 4) is 0 Å². The van der Waals surface area contributed by atoms with Gasteiger partial charge in [-0.2, -0.15) is 0 Å². The monoisotopic (exact) mass is 272 g/mol. The number of nitrogens with zero attached hydrogens (tertiary/aromatic N) is 1. The van der Waals surface area contributed by atoms with Crippen molar-refractivity contribution < 1.29 is 0 Å². The third-order valence-electron chi connectivity index (χ3n) is 3.25. The minimum atomic E-state index is 0.501. The summed E-state index contributed by atoms with van der Waals surface area (Å²) in [6.45, 7) is 0. The molecule has 1 fully saturated rings. The van der Waals surface area contributed by atoms with E-state index in [0.717, 1.165) is 5.82 Å². The van der Waals surface area contributed by atoms with Gasteiger partial charge in [0.25, 0.3) is 0 Å². The molecule has 1 saturated carbocycles. The van der Waals surface area contributed by atoms with Crippen LogP contribution in [-0.2, 0) is 0 Å². The molecular formula is C13H18Cl2N2. The molecular weight excluding hydrogens is 255 g/mol. The molecule has 4 heteroatoms. The van der Waals surface area contributed by atoms with Gasteiger partial charge in [0.2, 0.25) is 0 Å². The number of aromatic nitrogens is 1. The minimum Gasteiger partial charge on any atom is -0.366 e. The molecule has 1 heterocycles. The van der Waals surface area contributed by atoms with Crippen LogP contribution in [0.15, 0.2) is 12.3 Å². The number of hydrogen-bond donors (Lipinski definition) is 1. The van der Waals surface area contributed by atoms with E-state index in [-0.39, 0.29) is 0 Å². The van der Waals surface area contributed by atoms with E-state index >= 15 is 0 Å². The smallest absolute Gasteiger partial charge is 0.145 e. The second-order valence-electron chi connectivity index (χ2n) is 4.67. The van der Waals surface area contributed by atoms with E-state index in [1.54, 1.807) is 12.3 Å². The molecule has 94 valence electrons. The number of rotatable bonds is 2. The number of nitrogens with one attached hydrogen (secondary N) is 1. The first-order valence-electron chi connectivity index (χ1n) is 6.33. The van der Waals surface area contributed by atoms with Crippen molar-refractivity contribution in [3.05, 3.63) is 22.3 Å². The molecule has 1 N–H and O–H groups in total. The van der Waals surface area contributed by atoms with Gasteiger partial charge < -0.3 is 5.32 Å². The molecule has 1 aliphatic carbocycles. The lowest BCUT2D eigenvalue weighted by molar-refractivity contribution is 0.471. The van der Waals surface area contributed by atoms with Crippen LogP contribution >= 0.6 is 23.2 Å². The topological polar surface area (TPSA) is 24.9 Å². The van der Waals surface area contributed by atoms with Crippen LogP contribution in [0.4, 0.5) is 5.82 Å². The van der Waals surface area contributed by atoms with E-state index in [1.165, 1.54) is 44.9 Å². The Morgan fingerprint density at radius 1 is 1.06 bits per heavy atom. The Labute approximate surface area is 113 Å². The highest BCUT2D eigenvalue weighted by Gasteiger charge is 2.13. The van der Waals surface area contributed by atoms with Crippen LogP contribution in [-0.4, -0.2) is 11.0 Å². The highest BCUT2D eigenvalue weighted by Crippen LogP contribution is 2.26. The van der Waals surface area contributed by atoms with E-state index in [4.69, 9.17) is 23.2 Å². The summed E-state index contributed by atoms with van der Waals surface area (Å²) in [5, 5.41) is 4.63. The van der Waals surface area contributed by atoms with Gasteiger partial charge in [-0.25, -0.2) is 4.98 Å². The standard InChI is InChI=1S/C13H18Cl2N2/c14-10-8-12(15)13(16-9-10)17-11-6-4-2-1-3-5-7-11/h8-9,11H,1-7H2,(H,16,17). The molecule has 2 nitrogen and oxygen atoms in total. The first kappa shape index (κ1) is 13.0. The molecule has 2 rings (SSSR count). The Hall–Kier alpha value is -0.470. The van der Waals surface area contributed by atoms with Crippen molar-refractivity contribution in [2.45, 2.75) is 51.0 Å². The van der Waals surface area contributed by atoms with Gasteiger partial charge in [0.1, 0.15) is 5.82 Å². The summed E-state index contributed by atoms with van der Waals surface area (Å²) >= 11 is 11.9. The molecule has 0 spiro atoms. The SMILES string of the molecule is Clc1cnc(NC2CCCCCCC2)c(Cl)c1. The van der Waals surface area contributed by atoms with Crippen LogP contribution in [0.1, 0.15) is 44.9 Å². The zero-order chi connectivity index (χ0) is 12.1. The quantitative estimate of drug-likeness (QED) is 0.827. The van der Waals surface area contributed by atoms with Crippen molar-refractivity contribution >= 4 is 29.0 Å². The Morgan fingerprint density at radius 3 is 2.35 bits per heavy atom. The number of pyridine rings is 1.